The van der Waals surface area contributed by atoms with Crippen LogP contribution in [-0.4, -0.2) is 4.98 Å². The van der Waals surface area contributed by atoms with Crippen molar-refractivity contribution in [3.05, 3.63) is 58.3 Å². The van der Waals surface area contributed by atoms with E-state index in [4.69, 9.17) is 0 Å². The lowest BCUT2D eigenvalue weighted by Gasteiger charge is -2.10. The molecule has 0 aliphatic carbocycles. The van der Waals surface area contributed by atoms with Crippen molar-refractivity contribution in [2.45, 2.75) is 19.9 Å². The van der Waals surface area contributed by atoms with Gasteiger partial charge in [0.1, 0.15) is 4.60 Å². The average molecular weight is 291 g/mol. The summed E-state index contributed by atoms with van der Waals surface area (Å²) >= 11 is 3.38. The van der Waals surface area contributed by atoms with E-state index in [-0.39, 0.29) is 0 Å². The Labute approximate surface area is 110 Å². The second-order valence-corrected chi connectivity index (χ2v) is 4.63. The molecule has 0 spiro atoms. The Morgan fingerprint density at radius 3 is 2.71 bits per heavy atom. The molecule has 0 bridgehead atoms. The van der Waals surface area contributed by atoms with E-state index in [9.17, 15) is 0 Å². The van der Waals surface area contributed by atoms with Crippen molar-refractivity contribution in [3.8, 4) is 0 Å². The van der Waals surface area contributed by atoms with Gasteiger partial charge in [-0.3, -0.25) is 0 Å². The van der Waals surface area contributed by atoms with Gasteiger partial charge in [-0.25, -0.2) is 4.98 Å². The van der Waals surface area contributed by atoms with Crippen LogP contribution in [0.3, 0.4) is 0 Å². The number of aryl methyl sites for hydroxylation is 1. The molecule has 1 aromatic heterocycles. The number of hydrogen-bond donors (Lipinski definition) is 1. The topological polar surface area (TPSA) is 24.9 Å². The zero-order valence-electron chi connectivity index (χ0n) is 9.78. The van der Waals surface area contributed by atoms with Crippen LogP contribution in [-0.2, 0) is 13.0 Å². The Morgan fingerprint density at radius 1 is 1.12 bits per heavy atom. The van der Waals surface area contributed by atoms with Gasteiger partial charge in [-0.2, -0.15) is 0 Å². The smallest absolute Gasteiger partial charge is 0.106 e. The fraction of sp³-hybridized carbons (Fsp3) is 0.214. The van der Waals surface area contributed by atoms with E-state index < -0.39 is 0 Å². The van der Waals surface area contributed by atoms with E-state index in [1.54, 1.807) is 0 Å². The molecule has 0 aliphatic heterocycles. The van der Waals surface area contributed by atoms with E-state index in [1.165, 1.54) is 11.3 Å². The maximum absolute atomic E-state index is 4.40. The Kier molecular flexibility index (Phi) is 4.15. The first-order valence-electron chi connectivity index (χ1n) is 5.73. The first kappa shape index (κ1) is 12.1. The minimum Gasteiger partial charge on any atom is -0.379 e. The summed E-state index contributed by atoms with van der Waals surface area (Å²) in [7, 11) is 0. The number of para-hydroxylation sites is 1. The van der Waals surface area contributed by atoms with Gasteiger partial charge in [0.05, 0.1) is 12.2 Å². The summed E-state index contributed by atoms with van der Waals surface area (Å²) in [6.45, 7) is 2.91. The number of nitrogens with one attached hydrogen (secondary N) is 1. The molecule has 1 N–H and O–H groups in total. The van der Waals surface area contributed by atoms with Gasteiger partial charge in [0.25, 0.3) is 0 Å². The largest absolute Gasteiger partial charge is 0.379 e. The second-order valence-electron chi connectivity index (χ2n) is 3.82. The number of benzene rings is 1. The van der Waals surface area contributed by atoms with Crippen LogP contribution in [0.1, 0.15) is 18.2 Å². The maximum Gasteiger partial charge on any atom is 0.106 e. The minimum absolute atomic E-state index is 0.746. The number of hydrogen-bond acceptors (Lipinski definition) is 2. The summed E-state index contributed by atoms with van der Waals surface area (Å²) in [5.74, 6) is 0. The fourth-order valence-electron chi connectivity index (χ4n) is 1.74. The van der Waals surface area contributed by atoms with Crippen LogP contribution in [0.4, 0.5) is 5.69 Å². The molecule has 17 heavy (non-hydrogen) atoms. The molecule has 0 saturated carbocycles. The predicted octanol–water partition coefficient (Wildman–Crippen LogP) is 4.02. The van der Waals surface area contributed by atoms with Crippen molar-refractivity contribution in [1.82, 2.24) is 4.98 Å². The van der Waals surface area contributed by atoms with Crippen LogP contribution in [0, 0.1) is 0 Å². The van der Waals surface area contributed by atoms with Gasteiger partial charge in [-0.05, 0) is 46.1 Å². The molecule has 0 fully saturated rings. The molecular weight excluding hydrogens is 276 g/mol. The van der Waals surface area contributed by atoms with Crippen molar-refractivity contribution < 1.29 is 0 Å². The van der Waals surface area contributed by atoms with Gasteiger partial charge in [-0.1, -0.05) is 31.2 Å². The summed E-state index contributed by atoms with van der Waals surface area (Å²) in [5, 5.41) is 3.42. The third-order valence-electron chi connectivity index (χ3n) is 2.63. The Morgan fingerprint density at radius 2 is 1.94 bits per heavy atom. The summed E-state index contributed by atoms with van der Waals surface area (Å²) < 4.78 is 0.876. The molecule has 0 radical (unpaired) electrons. The molecule has 1 aromatic carbocycles. The molecule has 0 amide bonds. The third-order valence-corrected chi connectivity index (χ3v) is 3.07. The van der Waals surface area contributed by atoms with E-state index in [1.807, 2.05) is 18.2 Å². The van der Waals surface area contributed by atoms with Crippen molar-refractivity contribution in [3.63, 3.8) is 0 Å². The van der Waals surface area contributed by atoms with Crippen molar-refractivity contribution in [1.29, 1.82) is 0 Å². The zero-order chi connectivity index (χ0) is 12.1. The Hall–Kier alpha value is -1.35. The van der Waals surface area contributed by atoms with Gasteiger partial charge in [0.2, 0.25) is 0 Å². The quantitative estimate of drug-likeness (QED) is 0.861. The molecule has 2 aromatic rings. The summed E-state index contributed by atoms with van der Waals surface area (Å²) in [6, 6.07) is 14.3. The van der Waals surface area contributed by atoms with Crippen LogP contribution in [0.25, 0.3) is 0 Å². The SMILES string of the molecule is CCc1ccccc1NCc1cccc(Br)n1. The Balaban J connectivity index is 2.07. The van der Waals surface area contributed by atoms with Crippen molar-refractivity contribution >= 4 is 21.6 Å². The highest BCUT2D eigenvalue weighted by Gasteiger charge is 2.00. The molecule has 0 saturated heterocycles. The molecule has 0 atom stereocenters. The number of nitrogens with zero attached hydrogens (tertiary/aromatic N) is 1. The molecule has 0 aliphatic rings. The van der Waals surface area contributed by atoms with Gasteiger partial charge in [-0.15, -0.1) is 0 Å². The lowest BCUT2D eigenvalue weighted by molar-refractivity contribution is 1.02. The van der Waals surface area contributed by atoms with Crippen LogP contribution in [0.15, 0.2) is 47.1 Å². The van der Waals surface area contributed by atoms with Gasteiger partial charge >= 0.3 is 0 Å². The standard InChI is InChI=1S/C14H15BrN2/c1-2-11-6-3-4-8-13(11)16-10-12-7-5-9-14(15)17-12/h3-9,16H,2,10H2,1H3. The Bertz CT molecular complexity index is 497. The van der Waals surface area contributed by atoms with Crippen LogP contribution in [0.2, 0.25) is 0 Å². The summed E-state index contributed by atoms with van der Waals surface area (Å²) in [6.07, 6.45) is 1.04. The number of aromatic nitrogens is 1. The summed E-state index contributed by atoms with van der Waals surface area (Å²) in [4.78, 5) is 4.40. The highest BCUT2D eigenvalue weighted by molar-refractivity contribution is 9.10. The van der Waals surface area contributed by atoms with E-state index in [2.05, 4.69) is 57.4 Å². The molecule has 2 rings (SSSR count). The second kappa shape index (κ2) is 5.82. The molecule has 88 valence electrons. The third kappa shape index (κ3) is 3.30. The average Bonchev–Trinajstić information content (AvgIpc) is 2.37. The molecular formula is C14H15BrN2. The van der Waals surface area contributed by atoms with Crippen molar-refractivity contribution in [2.24, 2.45) is 0 Å². The zero-order valence-corrected chi connectivity index (χ0v) is 11.4. The molecule has 0 unspecified atom stereocenters. The highest BCUT2D eigenvalue weighted by atomic mass is 79.9. The normalized spacial score (nSPS) is 10.2. The monoisotopic (exact) mass is 290 g/mol. The van der Waals surface area contributed by atoms with Crippen LogP contribution in [0.5, 0.6) is 0 Å². The fourth-order valence-corrected chi connectivity index (χ4v) is 2.12. The maximum atomic E-state index is 4.40. The van der Waals surface area contributed by atoms with E-state index >= 15 is 0 Å². The van der Waals surface area contributed by atoms with Gasteiger partial charge < -0.3 is 5.32 Å². The van der Waals surface area contributed by atoms with Gasteiger partial charge in [0, 0.05) is 5.69 Å². The van der Waals surface area contributed by atoms with Gasteiger partial charge in [0.15, 0.2) is 0 Å². The first-order chi connectivity index (χ1) is 8.29. The van der Waals surface area contributed by atoms with Crippen LogP contribution >= 0.6 is 15.9 Å². The van der Waals surface area contributed by atoms with E-state index in [0.29, 0.717) is 0 Å². The number of rotatable bonds is 4. The van der Waals surface area contributed by atoms with Crippen molar-refractivity contribution in [2.75, 3.05) is 5.32 Å². The molecule has 1 heterocycles. The minimum atomic E-state index is 0.746. The first-order valence-corrected chi connectivity index (χ1v) is 6.52. The number of pyridine rings is 1. The highest BCUT2D eigenvalue weighted by Crippen LogP contribution is 2.16. The summed E-state index contributed by atoms with van der Waals surface area (Å²) in [5.41, 5.74) is 3.56. The molecule has 3 heteroatoms. The predicted molar refractivity (Wildman–Crippen MR) is 75.1 cm³/mol. The lowest BCUT2D eigenvalue weighted by atomic mass is 10.1. The lowest BCUT2D eigenvalue weighted by Crippen LogP contribution is -2.03. The van der Waals surface area contributed by atoms with Crippen LogP contribution < -0.4 is 5.32 Å². The number of anilines is 1. The number of halogens is 1. The molecule has 2 nitrogen and oxygen atoms in total. The van der Waals surface area contributed by atoms with E-state index in [0.717, 1.165) is 23.3 Å².